The van der Waals surface area contributed by atoms with E-state index in [2.05, 4.69) is 20.5 Å². The highest BCUT2D eigenvalue weighted by Gasteiger charge is 2.19. The summed E-state index contributed by atoms with van der Waals surface area (Å²) in [7, 11) is 0. The Bertz CT molecular complexity index is 778. The fourth-order valence-corrected chi connectivity index (χ4v) is 2.90. The molecule has 23 heavy (non-hydrogen) atoms. The summed E-state index contributed by atoms with van der Waals surface area (Å²) in [6.07, 6.45) is 5.97. The summed E-state index contributed by atoms with van der Waals surface area (Å²) >= 11 is 0. The summed E-state index contributed by atoms with van der Waals surface area (Å²) in [5.41, 5.74) is 1.86. The second-order valence-electron chi connectivity index (χ2n) is 5.67. The SMILES string of the molecule is c1ccc2nc(N3CCCC3)c(NCCn3ccnn3)nc2c1. The molecule has 1 aromatic carbocycles. The van der Waals surface area contributed by atoms with Gasteiger partial charge in [0.2, 0.25) is 0 Å². The molecule has 0 bridgehead atoms. The predicted octanol–water partition coefficient (Wildman–Crippen LogP) is 1.93. The summed E-state index contributed by atoms with van der Waals surface area (Å²) in [6, 6.07) is 8.01. The van der Waals surface area contributed by atoms with Crippen molar-refractivity contribution in [2.24, 2.45) is 0 Å². The second-order valence-corrected chi connectivity index (χ2v) is 5.67. The standard InChI is InChI=1S/C16H19N7/c1-2-6-14-13(5-1)19-15(16(20-14)22-9-3-4-10-22)17-7-11-23-12-8-18-21-23/h1-2,5-6,8,12H,3-4,7,9-11H2,(H,17,19). The Morgan fingerprint density at radius 3 is 2.57 bits per heavy atom. The largest absolute Gasteiger partial charge is 0.365 e. The molecule has 3 aromatic rings. The average Bonchev–Trinajstić information content (AvgIpc) is 3.28. The minimum atomic E-state index is 0.733. The van der Waals surface area contributed by atoms with E-state index in [1.54, 1.807) is 10.9 Å². The number of hydrogen-bond acceptors (Lipinski definition) is 6. The molecule has 0 radical (unpaired) electrons. The lowest BCUT2D eigenvalue weighted by Crippen LogP contribution is -2.22. The van der Waals surface area contributed by atoms with Crippen molar-refractivity contribution in [3.05, 3.63) is 36.7 Å². The molecule has 0 atom stereocenters. The number of fused-ring (bicyclic) bond motifs is 1. The van der Waals surface area contributed by atoms with Crippen molar-refractivity contribution in [1.29, 1.82) is 0 Å². The Morgan fingerprint density at radius 1 is 1.04 bits per heavy atom. The van der Waals surface area contributed by atoms with Gasteiger partial charge in [0.15, 0.2) is 11.6 Å². The quantitative estimate of drug-likeness (QED) is 0.776. The van der Waals surface area contributed by atoms with Crippen molar-refractivity contribution in [3.63, 3.8) is 0 Å². The fraction of sp³-hybridized carbons (Fsp3) is 0.375. The highest BCUT2D eigenvalue weighted by molar-refractivity contribution is 5.80. The van der Waals surface area contributed by atoms with Gasteiger partial charge in [-0.3, -0.25) is 4.68 Å². The van der Waals surface area contributed by atoms with E-state index in [9.17, 15) is 0 Å². The lowest BCUT2D eigenvalue weighted by molar-refractivity contribution is 0.608. The number of benzene rings is 1. The van der Waals surface area contributed by atoms with E-state index in [1.807, 2.05) is 30.5 Å². The van der Waals surface area contributed by atoms with Gasteiger partial charge in [0, 0.05) is 25.8 Å². The molecule has 0 saturated carbocycles. The van der Waals surface area contributed by atoms with Crippen LogP contribution in [-0.2, 0) is 6.54 Å². The van der Waals surface area contributed by atoms with Crippen LogP contribution in [-0.4, -0.2) is 44.6 Å². The molecular formula is C16H19N7. The van der Waals surface area contributed by atoms with Gasteiger partial charge in [-0.1, -0.05) is 17.3 Å². The minimum Gasteiger partial charge on any atom is -0.365 e. The average molecular weight is 309 g/mol. The maximum atomic E-state index is 4.84. The zero-order valence-corrected chi connectivity index (χ0v) is 12.9. The van der Waals surface area contributed by atoms with Crippen molar-refractivity contribution in [3.8, 4) is 0 Å². The summed E-state index contributed by atoms with van der Waals surface area (Å²) in [5, 5.41) is 11.2. The lowest BCUT2D eigenvalue weighted by Gasteiger charge is -2.20. The van der Waals surface area contributed by atoms with Crippen LogP contribution in [0.5, 0.6) is 0 Å². The van der Waals surface area contributed by atoms with Crippen LogP contribution >= 0.6 is 0 Å². The molecule has 4 rings (SSSR count). The molecule has 3 heterocycles. The summed E-state index contributed by atoms with van der Waals surface area (Å²) < 4.78 is 1.80. The molecule has 7 heteroatoms. The van der Waals surface area contributed by atoms with E-state index in [1.165, 1.54) is 12.8 Å². The molecule has 0 aliphatic carbocycles. The first-order valence-corrected chi connectivity index (χ1v) is 8.00. The molecule has 7 nitrogen and oxygen atoms in total. The first-order valence-electron chi connectivity index (χ1n) is 8.00. The van der Waals surface area contributed by atoms with Crippen molar-refractivity contribution in [2.45, 2.75) is 19.4 Å². The Balaban J connectivity index is 1.60. The minimum absolute atomic E-state index is 0.733. The van der Waals surface area contributed by atoms with Gasteiger partial charge in [0.05, 0.1) is 23.8 Å². The van der Waals surface area contributed by atoms with Crippen LogP contribution in [0.15, 0.2) is 36.7 Å². The number of hydrogen-bond donors (Lipinski definition) is 1. The molecule has 1 saturated heterocycles. The van der Waals surface area contributed by atoms with Gasteiger partial charge in [-0.05, 0) is 25.0 Å². The zero-order chi connectivity index (χ0) is 15.5. The van der Waals surface area contributed by atoms with Crippen LogP contribution in [0.2, 0.25) is 0 Å². The van der Waals surface area contributed by atoms with E-state index in [0.29, 0.717) is 0 Å². The van der Waals surface area contributed by atoms with E-state index in [4.69, 9.17) is 9.97 Å². The van der Waals surface area contributed by atoms with Gasteiger partial charge < -0.3 is 10.2 Å². The van der Waals surface area contributed by atoms with Gasteiger partial charge >= 0.3 is 0 Å². The Kier molecular flexibility index (Phi) is 3.75. The van der Waals surface area contributed by atoms with E-state index in [-0.39, 0.29) is 0 Å². The summed E-state index contributed by atoms with van der Waals surface area (Å²) in [6.45, 7) is 3.57. The van der Waals surface area contributed by atoms with Crippen LogP contribution in [0, 0.1) is 0 Å². The summed E-state index contributed by atoms with van der Waals surface area (Å²) in [5.74, 6) is 1.81. The van der Waals surface area contributed by atoms with Crippen LogP contribution in [0.4, 0.5) is 11.6 Å². The van der Waals surface area contributed by atoms with Crippen molar-refractivity contribution in [2.75, 3.05) is 29.9 Å². The van der Waals surface area contributed by atoms with Crippen molar-refractivity contribution < 1.29 is 0 Å². The Morgan fingerprint density at radius 2 is 1.83 bits per heavy atom. The third kappa shape index (κ3) is 2.94. The van der Waals surface area contributed by atoms with Crippen molar-refractivity contribution >= 4 is 22.7 Å². The van der Waals surface area contributed by atoms with Crippen LogP contribution in [0.1, 0.15) is 12.8 Å². The normalized spacial score (nSPS) is 14.5. The molecule has 0 unspecified atom stereocenters. The van der Waals surface area contributed by atoms with Gasteiger partial charge in [-0.2, -0.15) is 0 Å². The van der Waals surface area contributed by atoms with E-state index >= 15 is 0 Å². The van der Waals surface area contributed by atoms with Gasteiger partial charge in [-0.25, -0.2) is 9.97 Å². The lowest BCUT2D eigenvalue weighted by atomic mass is 10.3. The third-order valence-electron chi connectivity index (χ3n) is 4.06. The van der Waals surface area contributed by atoms with Crippen LogP contribution < -0.4 is 10.2 Å². The highest BCUT2D eigenvalue weighted by atomic mass is 15.4. The number of nitrogens with zero attached hydrogens (tertiary/aromatic N) is 6. The topological polar surface area (TPSA) is 71.8 Å². The second kappa shape index (κ2) is 6.20. The molecule has 1 N–H and O–H groups in total. The first kappa shape index (κ1) is 13.9. The fourth-order valence-electron chi connectivity index (χ4n) is 2.90. The van der Waals surface area contributed by atoms with E-state index in [0.717, 1.165) is 48.8 Å². The maximum absolute atomic E-state index is 4.84. The Hall–Kier alpha value is -2.70. The number of nitrogens with one attached hydrogen (secondary N) is 1. The van der Waals surface area contributed by atoms with Crippen LogP contribution in [0.3, 0.4) is 0 Å². The number of aromatic nitrogens is 5. The number of anilines is 2. The molecule has 0 amide bonds. The highest BCUT2D eigenvalue weighted by Crippen LogP contribution is 2.27. The molecule has 1 aliphatic rings. The molecule has 2 aromatic heterocycles. The number of para-hydroxylation sites is 2. The molecule has 1 aliphatic heterocycles. The Labute approximate surface area is 134 Å². The zero-order valence-electron chi connectivity index (χ0n) is 12.9. The molecule has 1 fully saturated rings. The molecule has 0 spiro atoms. The predicted molar refractivity (Wildman–Crippen MR) is 89.5 cm³/mol. The molecular weight excluding hydrogens is 290 g/mol. The van der Waals surface area contributed by atoms with Gasteiger partial charge in [0.25, 0.3) is 0 Å². The summed E-state index contributed by atoms with van der Waals surface area (Å²) in [4.78, 5) is 11.9. The monoisotopic (exact) mass is 309 g/mol. The van der Waals surface area contributed by atoms with Gasteiger partial charge in [-0.15, -0.1) is 5.10 Å². The third-order valence-corrected chi connectivity index (χ3v) is 4.06. The van der Waals surface area contributed by atoms with Crippen LogP contribution in [0.25, 0.3) is 11.0 Å². The number of rotatable bonds is 5. The van der Waals surface area contributed by atoms with Crippen molar-refractivity contribution in [1.82, 2.24) is 25.0 Å². The first-order chi connectivity index (χ1) is 11.4. The van der Waals surface area contributed by atoms with E-state index < -0.39 is 0 Å². The van der Waals surface area contributed by atoms with Gasteiger partial charge in [0.1, 0.15) is 0 Å². The molecule has 118 valence electrons. The maximum Gasteiger partial charge on any atom is 0.172 e. The smallest absolute Gasteiger partial charge is 0.172 e.